The van der Waals surface area contributed by atoms with E-state index in [1.54, 1.807) is 0 Å². The first-order valence-corrected chi connectivity index (χ1v) is 7.72. The van der Waals surface area contributed by atoms with Crippen molar-refractivity contribution >= 4 is 5.91 Å². The Balaban J connectivity index is 1.68. The van der Waals surface area contributed by atoms with Crippen molar-refractivity contribution in [2.75, 3.05) is 13.1 Å². The van der Waals surface area contributed by atoms with E-state index in [-0.39, 0.29) is 5.91 Å². The second-order valence-electron chi connectivity index (χ2n) is 6.35. The Morgan fingerprint density at radius 3 is 2.81 bits per heavy atom. The molecule has 0 bridgehead atoms. The minimum absolute atomic E-state index is 0.0239. The molecule has 3 heteroatoms. The van der Waals surface area contributed by atoms with Crippen LogP contribution in [0.25, 0.3) is 0 Å². The summed E-state index contributed by atoms with van der Waals surface area (Å²) in [5.74, 6) is 6.70. The molecule has 0 heterocycles. The quantitative estimate of drug-likeness (QED) is 0.832. The van der Waals surface area contributed by atoms with Crippen LogP contribution in [0.5, 0.6) is 0 Å². The Hall–Kier alpha value is -1.79. The van der Waals surface area contributed by atoms with E-state index in [1.807, 2.05) is 25.1 Å². The van der Waals surface area contributed by atoms with Gasteiger partial charge in [-0.3, -0.25) is 4.79 Å². The summed E-state index contributed by atoms with van der Waals surface area (Å²) >= 11 is 0. The lowest BCUT2D eigenvalue weighted by molar-refractivity contribution is 0.0942. The highest BCUT2D eigenvalue weighted by Gasteiger charge is 2.53. The smallest absolute Gasteiger partial charge is 0.251 e. The third kappa shape index (κ3) is 3.11. The van der Waals surface area contributed by atoms with Gasteiger partial charge in [0.1, 0.15) is 0 Å². The number of aryl methyl sites for hydroxylation is 1. The first kappa shape index (κ1) is 14.2. The Morgan fingerprint density at radius 1 is 1.43 bits per heavy atom. The Kier molecular flexibility index (Phi) is 3.73. The van der Waals surface area contributed by atoms with E-state index < -0.39 is 0 Å². The fourth-order valence-corrected chi connectivity index (χ4v) is 3.03. The van der Waals surface area contributed by atoms with Crippen molar-refractivity contribution in [2.24, 2.45) is 17.1 Å². The van der Waals surface area contributed by atoms with Crippen LogP contribution in [0.4, 0.5) is 0 Å². The van der Waals surface area contributed by atoms with E-state index in [0.29, 0.717) is 12.0 Å². The monoisotopic (exact) mass is 282 g/mol. The SMILES string of the molecule is Cc1ccc(C#CCN)cc1C(=O)NCC1(C2CC2)CC1. The molecule has 0 radical (unpaired) electrons. The highest BCUT2D eigenvalue weighted by Crippen LogP contribution is 2.60. The van der Waals surface area contributed by atoms with E-state index in [4.69, 9.17) is 5.73 Å². The van der Waals surface area contributed by atoms with E-state index in [9.17, 15) is 4.79 Å². The third-order valence-electron chi connectivity index (χ3n) is 4.75. The number of hydrogen-bond donors (Lipinski definition) is 2. The Labute approximate surface area is 126 Å². The summed E-state index contributed by atoms with van der Waals surface area (Å²) in [4.78, 5) is 12.4. The predicted octanol–water partition coefficient (Wildman–Crippen LogP) is 2.23. The molecule has 3 nitrogen and oxygen atoms in total. The van der Waals surface area contributed by atoms with Crippen molar-refractivity contribution < 1.29 is 4.79 Å². The molecule has 2 aliphatic carbocycles. The summed E-state index contributed by atoms with van der Waals surface area (Å²) in [6.45, 7) is 3.12. The number of amides is 1. The molecule has 21 heavy (non-hydrogen) atoms. The normalized spacial score (nSPS) is 18.6. The highest BCUT2D eigenvalue weighted by atomic mass is 16.1. The van der Waals surface area contributed by atoms with E-state index in [1.165, 1.54) is 25.7 Å². The number of rotatable bonds is 4. The minimum atomic E-state index is 0.0239. The van der Waals surface area contributed by atoms with Crippen molar-refractivity contribution in [3.05, 3.63) is 34.9 Å². The van der Waals surface area contributed by atoms with Gasteiger partial charge in [-0.25, -0.2) is 0 Å². The van der Waals surface area contributed by atoms with Crippen LogP contribution in [0, 0.1) is 30.1 Å². The number of carbonyl (C=O) groups excluding carboxylic acids is 1. The zero-order valence-corrected chi connectivity index (χ0v) is 12.5. The summed E-state index contributed by atoms with van der Waals surface area (Å²) in [7, 11) is 0. The summed E-state index contributed by atoms with van der Waals surface area (Å²) in [6, 6.07) is 5.74. The molecule has 3 N–H and O–H groups in total. The van der Waals surface area contributed by atoms with Gasteiger partial charge in [0, 0.05) is 17.7 Å². The van der Waals surface area contributed by atoms with Crippen LogP contribution in [-0.2, 0) is 0 Å². The van der Waals surface area contributed by atoms with Gasteiger partial charge in [-0.1, -0.05) is 17.9 Å². The van der Waals surface area contributed by atoms with Crippen LogP contribution in [0.1, 0.15) is 47.2 Å². The van der Waals surface area contributed by atoms with Crippen LogP contribution < -0.4 is 11.1 Å². The van der Waals surface area contributed by atoms with Gasteiger partial charge >= 0.3 is 0 Å². The summed E-state index contributed by atoms with van der Waals surface area (Å²) in [5.41, 5.74) is 8.38. The molecular weight excluding hydrogens is 260 g/mol. The second-order valence-corrected chi connectivity index (χ2v) is 6.35. The van der Waals surface area contributed by atoms with Crippen LogP contribution in [0.2, 0.25) is 0 Å². The maximum Gasteiger partial charge on any atom is 0.251 e. The largest absolute Gasteiger partial charge is 0.351 e. The fourth-order valence-electron chi connectivity index (χ4n) is 3.03. The lowest BCUT2D eigenvalue weighted by Gasteiger charge is -2.15. The van der Waals surface area contributed by atoms with E-state index >= 15 is 0 Å². The number of carbonyl (C=O) groups is 1. The van der Waals surface area contributed by atoms with Gasteiger partial charge in [0.2, 0.25) is 0 Å². The third-order valence-corrected chi connectivity index (χ3v) is 4.75. The van der Waals surface area contributed by atoms with Gasteiger partial charge in [0.25, 0.3) is 5.91 Å². The zero-order valence-electron chi connectivity index (χ0n) is 12.5. The Bertz CT molecular complexity index is 616. The zero-order chi connectivity index (χ0) is 14.9. The van der Waals surface area contributed by atoms with Crippen molar-refractivity contribution in [3.8, 4) is 11.8 Å². The predicted molar refractivity (Wildman–Crippen MR) is 83.8 cm³/mol. The molecule has 0 unspecified atom stereocenters. The molecule has 3 rings (SSSR count). The van der Waals surface area contributed by atoms with Crippen LogP contribution in [-0.4, -0.2) is 19.0 Å². The molecular formula is C18H22N2O. The standard InChI is InChI=1S/C18H22N2O/c1-13-4-5-14(3-2-10-19)11-16(13)17(21)20-12-18(8-9-18)15-6-7-15/h4-5,11,15H,6-10,12,19H2,1H3,(H,20,21). The minimum Gasteiger partial charge on any atom is -0.351 e. The average molecular weight is 282 g/mol. The molecule has 2 saturated carbocycles. The first-order valence-electron chi connectivity index (χ1n) is 7.72. The average Bonchev–Trinajstić information content (AvgIpc) is 3.36. The summed E-state index contributed by atoms with van der Waals surface area (Å²) in [5, 5.41) is 3.14. The molecule has 0 atom stereocenters. The van der Waals surface area contributed by atoms with Gasteiger partial charge in [0.05, 0.1) is 6.54 Å². The fraction of sp³-hybridized carbons (Fsp3) is 0.500. The highest BCUT2D eigenvalue weighted by molar-refractivity contribution is 5.96. The van der Waals surface area contributed by atoms with Crippen LogP contribution >= 0.6 is 0 Å². The first-order chi connectivity index (χ1) is 10.1. The maximum absolute atomic E-state index is 12.4. The lowest BCUT2D eigenvalue weighted by atomic mass is 10.00. The van der Waals surface area contributed by atoms with Gasteiger partial charge in [-0.15, -0.1) is 0 Å². The molecule has 110 valence electrons. The summed E-state index contributed by atoms with van der Waals surface area (Å²) < 4.78 is 0. The molecule has 1 amide bonds. The molecule has 0 saturated heterocycles. The molecule has 1 aromatic carbocycles. The van der Waals surface area contributed by atoms with Crippen molar-refractivity contribution in [1.29, 1.82) is 0 Å². The second kappa shape index (κ2) is 5.54. The number of nitrogens with one attached hydrogen (secondary N) is 1. The number of nitrogens with two attached hydrogens (primary N) is 1. The topological polar surface area (TPSA) is 55.1 Å². The van der Waals surface area contributed by atoms with Crippen LogP contribution in [0.3, 0.4) is 0 Å². The van der Waals surface area contributed by atoms with E-state index in [0.717, 1.165) is 29.2 Å². The number of hydrogen-bond acceptors (Lipinski definition) is 2. The Morgan fingerprint density at radius 2 is 2.19 bits per heavy atom. The molecule has 1 aromatic rings. The van der Waals surface area contributed by atoms with Crippen molar-refractivity contribution in [2.45, 2.75) is 32.6 Å². The van der Waals surface area contributed by atoms with E-state index in [2.05, 4.69) is 17.2 Å². The molecule has 2 fully saturated rings. The maximum atomic E-state index is 12.4. The molecule has 0 spiro atoms. The lowest BCUT2D eigenvalue weighted by Crippen LogP contribution is -2.31. The van der Waals surface area contributed by atoms with Gasteiger partial charge in [0.15, 0.2) is 0 Å². The number of benzene rings is 1. The van der Waals surface area contributed by atoms with Crippen molar-refractivity contribution in [3.63, 3.8) is 0 Å². The van der Waals surface area contributed by atoms with Gasteiger partial charge in [-0.2, -0.15) is 0 Å². The van der Waals surface area contributed by atoms with Gasteiger partial charge < -0.3 is 11.1 Å². The summed E-state index contributed by atoms with van der Waals surface area (Å²) in [6.07, 6.45) is 5.25. The molecule has 0 aromatic heterocycles. The molecule has 0 aliphatic heterocycles. The molecule has 2 aliphatic rings. The van der Waals surface area contributed by atoms with Gasteiger partial charge in [-0.05, 0) is 61.6 Å². The van der Waals surface area contributed by atoms with Crippen molar-refractivity contribution in [1.82, 2.24) is 5.32 Å². The van der Waals surface area contributed by atoms with Crippen LogP contribution in [0.15, 0.2) is 18.2 Å².